The predicted octanol–water partition coefficient (Wildman–Crippen LogP) is -6.35. The van der Waals surface area contributed by atoms with Gasteiger partial charge in [-0.15, -0.1) is 0 Å². The van der Waals surface area contributed by atoms with Crippen molar-refractivity contribution in [3.05, 3.63) is 0 Å². The molecule has 21 nitrogen and oxygen atoms in total. The van der Waals surface area contributed by atoms with Gasteiger partial charge in [0.15, 0.2) is 82.3 Å². The molecule has 0 aromatic rings. The lowest BCUT2D eigenvalue weighted by Crippen LogP contribution is -2.87. The van der Waals surface area contributed by atoms with Crippen LogP contribution >= 0.6 is 0 Å². The highest BCUT2D eigenvalue weighted by Crippen LogP contribution is 2.49. The second-order valence-corrected chi connectivity index (χ2v) is 13.0. The highest BCUT2D eigenvalue weighted by molar-refractivity contribution is 6.09. The van der Waals surface area contributed by atoms with Gasteiger partial charge in [-0.2, -0.15) is 0 Å². The Morgan fingerprint density at radius 1 is 0.500 bits per heavy atom. The van der Waals surface area contributed by atoms with Gasteiger partial charge in [0, 0.05) is 0 Å². The van der Waals surface area contributed by atoms with Crippen molar-refractivity contribution in [3.63, 3.8) is 0 Å². The molecule has 294 valence electrons. The van der Waals surface area contributed by atoms with Crippen LogP contribution in [0.5, 0.6) is 0 Å². The molecule has 0 radical (unpaired) electrons. The smallest absolute Gasteiger partial charge is 0.213 e. The molecule has 52 heavy (non-hydrogen) atoms. The van der Waals surface area contributed by atoms with Crippen LogP contribution in [0.2, 0.25) is 0 Å². The number of carbonyl (C=O) groups excluding carboxylic acids is 8. The summed E-state index contributed by atoms with van der Waals surface area (Å²) in [6.45, 7) is 2.56. The Hall–Kier alpha value is -3.16. The first kappa shape index (κ1) is 45.0. The molecule has 2 rings (SSSR count). The van der Waals surface area contributed by atoms with Crippen LogP contribution in [0.15, 0.2) is 0 Å². The first-order chi connectivity index (χ1) is 23.5. The zero-order chi connectivity index (χ0) is 40.9. The Morgan fingerprint density at radius 3 is 0.942 bits per heavy atom. The van der Waals surface area contributed by atoms with E-state index < -0.39 is 136 Å². The Kier molecular flexibility index (Phi) is 12.9. The molecule has 2 aliphatic heterocycles. The molecule has 12 atom stereocenters. The van der Waals surface area contributed by atoms with Gasteiger partial charge in [0.05, 0.1) is 13.2 Å². The summed E-state index contributed by atoms with van der Waals surface area (Å²) in [5.74, 6) is -12.7. The van der Waals surface area contributed by atoms with Gasteiger partial charge in [-0.25, -0.2) is 0 Å². The number of ketones is 8. The number of rotatable bonds is 16. The van der Waals surface area contributed by atoms with E-state index in [4.69, 9.17) is 18.9 Å². The van der Waals surface area contributed by atoms with E-state index in [2.05, 4.69) is 0 Å². The third kappa shape index (κ3) is 6.12. The van der Waals surface area contributed by atoms with E-state index in [0.717, 1.165) is 13.8 Å². The second kappa shape index (κ2) is 14.9. The van der Waals surface area contributed by atoms with E-state index in [1.807, 2.05) is 0 Å². The van der Waals surface area contributed by atoms with Crippen LogP contribution in [0, 0.1) is 0 Å². The van der Waals surface area contributed by atoms with Crippen molar-refractivity contribution < 1.29 is 103 Å². The fraction of sp³-hybridized carbons (Fsp3) is 0.742. The topological polar surface area (TPSA) is 356 Å². The highest BCUT2D eigenvalue weighted by atomic mass is 16.7. The number of carbonyl (C=O) groups is 8. The van der Waals surface area contributed by atoms with Gasteiger partial charge in [0.1, 0.15) is 18.3 Å². The van der Waals surface area contributed by atoms with Gasteiger partial charge in [-0.3, -0.25) is 38.4 Å². The maximum absolute atomic E-state index is 12.9. The fourth-order valence-corrected chi connectivity index (χ4v) is 6.49. The average molecular weight is 753 g/mol. The Bertz CT molecular complexity index is 1410. The predicted molar refractivity (Wildman–Crippen MR) is 162 cm³/mol. The van der Waals surface area contributed by atoms with Gasteiger partial charge >= 0.3 is 0 Å². The van der Waals surface area contributed by atoms with Crippen molar-refractivity contribution in [3.8, 4) is 0 Å². The Morgan fingerprint density at radius 2 is 0.750 bits per heavy atom. The zero-order valence-corrected chi connectivity index (χ0v) is 29.4. The van der Waals surface area contributed by atoms with Gasteiger partial charge in [0.2, 0.25) is 22.4 Å². The minimum atomic E-state index is -3.90. The largest absolute Gasteiger partial charge is 0.388 e. The fourth-order valence-electron chi connectivity index (χ4n) is 6.49. The van der Waals surface area contributed by atoms with Gasteiger partial charge < -0.3 is 64.9 Å². The molecule has 2 saturated heterocycles. The van der Waals surface area contributed by atoms with Crippen molar-refractivity contribution in [2.45, 2.75) is 132 Å². The molecule has 2 fully saturated rings. The number of ether oxygens (including phenoxy) is 4. The summed E-state index contributed by atoms with van der Waals surface area (Å²) in [7, 11) is 0. The molecule has 0 spiro atoms. The summed E-state index contributed by atoms with van der Waals surface area (Å²) in [5, 5.41) is 99.4. The third-order valence-electron chi connectivity index (χ3n) is 9.55. The molecule has 9 N–H and O–H groups in total. The summed E-state index contributed by atoms with van der Waals surface area (Å²) in [6.07, 6.45) is -17.0. The van der Waals surface area contributed by atoms with E-state index in [9.17, 15) is 84.3 Å². The molecule has 0 aromatic heterocycles. The lowest BCUT2D eigenvalue weighted by Gasteiger charge is -2.57. The molecule has 0 saturated carbocycles. The molecular formula is C31H44O21. The molecule has 2 heterocycles. The summed E-state index contributed by atoms with van der Waals surface area (Å²) in [4.78, 5) is 103. The first-order valence-electron chi connectivity index (χ1n) is 15.5. The molecule has 21 heteroatoms. The second-order valence-electron chi connectivity index (χ2n) is 13.0. The van der Waals surface area contributed by atoms with Gasteiger partial charge in [-0.1, -0.05) is 0 Å². The average Bonchev–Trinajstić information content (AvgIpc) is 3.03. The lowest BCUT2D eigenvalue weighted by molar-refractivity contribution is -0.367. The summed E-state index contributed by atoms with van der Waals surface area (Å²) in [6, 6.07) is 0. The van der Waals surface area contributed by atoms with E-state index in [1.165, 1.54) is 0 Å². The number of aliphatic hydroxyl groups is 9. The van der Waals surface area contributed by atoms with E-state index in [1.54, 1.807) is 0 Å². The molecule has 0 amide bonds. The van der Waals surface area contributed by atoms with Crippen LogP contribution in [0.25, 0.3) is 0 Å². The van der Waals surface area contributed by atoms with Crippen molar-refractivity contribution in [1.82, 2.24) is 0 Å². The van der Waals surface area contributed by atoms with Crippen molar-refractivity contribution >= 4 is 46.3 Å². The molecule has 2 aliphatic rings. The van der Waals surface area contributed by atoms with Crippen LogP contribution in [0.3, 0.4) is 0 Å². The van der Waals surface area contributed by atoms with E-state index in [0.29, 0.717) is 41.5 Å². The summed E-state index contributed by atoms with van der Waals surface area (Å²) < 4.78 is 21.0. The Labute approximate surface area is 295 Å². The molecule has 4 unspecified atom stereocenters. The number of hydrogen-bond acceptors (Lipinski definition) is 21. The minimum absolute atomic E-state index is 0.530. The van der Waals surface area contributed by atoms with Crippen LogP contribution in [0.4, 0.5) is 0 Å². The Balaban J connectivity index is 2.60. The highest BCUT2D eigenvalue weighted by Gasteiger charge is 2.81. The monoisotopic (exact) mass is 752 g/mol. The van der Waals surface area contributed by atoms with Crippen LogP contribution < -0.4 is 0 Å². The van der Waals surface area contributed by atoms with Crippen molar-refractivity contribution in [2.75, 3.05) is 13.2 Å². The molecular weight excluding hydrogens is 708 g/mol. The van der Waals surface area contributed by atoms with Crippen molar-refractivity contribution in [2.24, 2.45) is 0 Å². The summed E-state index contributed by atoms with van der Waals surface area (Å²) in [5.41, 5.74) is -22.7. The first-order valence-corrected chi connectivity index (χ1v) is 15.5. The maximum atomic E-state index is 12.9. The van der Waals surface area contributed by atoms with E-state index in [-0.39, 0.29) is 0 Å². The minimum Gasteiger partial charge on any atom is -0.388 e. The number of Topliss-reactive ketones (excluding diaryl/α,β-unsaturated/α-hetero) is 8. The van der Waals surface area contributed by atoms with Crippen LogP contribution in [-0.4, -0.2) is 182 Å². The van der Waals surface area contributed by atoms with Gasteiger partial charge in [-0.05, 0) is 55.4 Å². The van der Waals surface area contributed by atoms with Gasteiger partial charge in [0.25, 0.3) is 0 Å². The van der Waals surface area contributed by atoms with Crippen molar-refractivity contribution in [1.29, 1.82) is 0 Å². The SMILES string of the molecule is CC(=O)[C@@]1(O)[C@](O)(C(C)=O)C(OCC(O)COC2O[C@H](C(=O)C(C)O)[C@@](O)(C(C)=O)[C@@](O)(C(C)=O)[C@]2(O)C(C)=O)O[C@H](C(=O)C(C)O)[C@@]1(O)C(C)=O. The normalized spacial score (nSPS) is 39.5. The van der Waals surface area contributed by atoms with Crippen LogP contribution in [0.1, 0.15) is 55.4 Å². The summed E-state index contributed by atoms with van der Waals surface area (Å²) >= 11 is 0. The molecule has 0 bridgehead atoms. The molecule has 0 aromatic carbocycles. The molecule has 0 aliphatic carbocycles. The third-order valence-corrected chi connectivity index (χ3v) is 9.55. The number of aliphatic hydroxyl groups excluding tert-OH is 3. The van der Waals surface area contributed by atoms with E-state index >= 15 is 0 Å². The lowest BCUT2D eigenvalue weighted by atomic mass is 9.60. The maximum Gasteiger partial charge on any atom is 0.213 e. The standard InChI is InChI=1S/C31H44O21/c1-11(32)20(41)22-26(43,13(3)34)30(47,17(7)38)28(45,15(5)36)24(51-22)49-9-19(40)10-50-25-29(46,16(6)37)31(48,18(8)39)27(44,14(4)35)23(52-25)21(42)12(2)33/h11-12,19,22-25,32-33,40,43-48H,9-10H2,1-8H3/t11?,12?,19?,22-,23-,24?,25?,26+,27+,28+,29+,30+,31+/m1/s1. The quantitative estimate of drug-likeness (QED) is 0.0708. The van der Waals surface area contributed by atoms with Crippen LogP contribution in [-0.2, 0) is 57.3 Å². The zero-order valence-electron chi connectivity index (χ0n) is 29.4. The number of hydrogen-bond donors (Lipinski definition) is 9.